The monoisotopic (exact) mass is 728 g/mol. The maximum Gasteiger partial charge on any atom is 0.180 e. The van der Waals surface area contributed by atoms with Gasteiger partial charge in [-0.15, -0.1) is 0 Å². The second-order valence-corrected chi connectivity index (χ2v) is 14.6. The normalized spacial score (nSPS) is 11.9. The molecule has 0 spiro atoms. The summed E-state index contributed by atoms with van der Waals surface area (Å²) in [4.78, 5) is 10.7. The number of rotatable bonds is 5. The topological polar surface area (TPSA) is 48.8 Å². The first-order valence-corrected chi connectivity index (χ1v) is 19.2. The van der Waals surface area contributed by atoms with E-state index < -0.39 is 0 Å². The third-order valence-corrected chi connectivity index (χ3v) is 11.3. The van der Waals surface area contributed by atoms with Crippen LogP contribution in [0.25, 0.3) is 111 Å². The van der Waals surface area contributed by atoms with Crippen LogP contribution in [0, 0.1) is 0 Å². The Morgan fingerprint density at radius 1 is 0.351 bits per heavy atom. The van der Waals surface area contributed by atoms with E-state index in [2.05, 4.69) is 197 Å². The summed E-state index contributed by atoms with van der Waals surface area (Å²) in [6, 6.07) is 68.4. The van der Waals surface area contributed by atoms with E-state index in [4.69, 9.17) is 14.4 Å². The van der Waals surface area contributed by atoms with Crippen molar-refractivity contribution in [3.8, 4) is 45.1 Å². The fourth-order valence-electron chi connectivity index (χ4n) is 8.72. The van der Waals surface area contributed by atoms with Crippen molar-refractivity contribution in [2.45, 2.75) is 0 Å². The van der Waals surface area contributed by atoms with Gasteiger partial charge in [-0.05, 0) is 90.0 Å². The van der Waals surface area contributed by atoms with Gasteiger partial charge in [-0.1, -0.05) is 115 Å². The number of furan rings is 1. The van der Waals surface area contributed by atoms with Gasteiger partial charge >= 0.3 is 0 Å². The van der Waals surface area contributed by atoms with E-state index in [9.17, 15) is 0 Å². The molecular formula is C52H32N4O. The zero-order valence-corrected chi connectivity index (χ0v) is 30.7. The van der Waals surface area contributed by atoms with E-state index in [1.54, 1.807) is 0 Å². The average molecular weight is 729 g/mol. The first kappa shape index (κ1) is 31.6. The number of hydrogen-bond acceptors (Lipinski definition) is 3. The van der Waals surface area contributed by atoms with Gasteiger partial charge in [-0.3, -0.25) is 0 Å². The van der Waals surface area contributed by atoms with Gasteiger partial charge in [0.15, 0.2) is 11.4 Å². The van der Waals surface area contributed by atoms with Crippen LogP contribution in [0.4, 0.5) is 0 Å². The van der Waals surface area contributed by atoms with Crippen molar-refractivity contribution in [2.75, 3.05) is 0 Å². The zero-order chi connectivity index (χ0) is 37.5. The second kappa shape index (κ2) is 12.4. The van der Waals surface area contributed by atoms with Gasteiger partial charge in [0.2, 0.25) is 0 Å². The number of fused-ring (bicyclic) bond motifs is 9. The van der Waals surface area contributed by atoms with E-state index in [1.165, 1.54) is 10.8 Å². The summed E-state index contributed by atoms with van der Waals surface area (Å²) < 4.78 is 11.4. The van der Waals surface area contributed by atoms with E-state index in [0.29, 0.717) is 11.4 Å². The molecular weight excluding hydrogens is 697 g/mol. The minimum Gasteiger partial charge on any atom is -0.452 e. The molecule has 12 rings (SSSR count). The summed E-state index contributed by atoms with van der Waals surface area (Å²) in [7, 11) is 0. The maximum absolute atomic E-state index is 6.74. The molecule has 0 aliphatic heterocycles. The fraction of sp³-hybridized carbons (Fsp3) is 0. The van der Waals surface area contributed by atoms with Gasteiger partial charge in [-0.2, -0.15) is 0 Å². The van der Waals surface area contributed by atoms with Crippen LogP contribution in [0.1, 0.15) is 0 Å². The van der Waals surface area contributed by atoms with Crippen molar-refractivity contribution >= 4 is 65.7 Å². The zero-order valence-electron chi connectivity index (χ0n) is 30.7. The summed E-state index contributed by atoms with van der Waals surface area (Å²) in [6.07, 6.45) is 0. The van der Waals surface area contributed by atoms with Gasteiger partial charge < -0.3 is 13.6 Å². The highest BCUT2D eigenvalue weighted by Gasteiger charge is 2.22. The molecule has 0 atom stereocenters. The molecule has 8 aromatic carbocycles. The predicted molar refractivity (Wildman–Crippen MR) is 234 cm³/mol. The lowest BCUT2D eigenvalue weighted by atomic mass is 10.0. The van der Waals surface area contributed by atoms with Gasteiger partial charge in [0.25, 0.3) is 0 Å². The molecule has 0 saturated heterocycles. The molecule has 12 aromatic rings. The lowest BCUT2D eigenvalue weighted by Crippen LogP contribution is -1.95. The maximum atomic E-state index is 6.74. The summed E-state index contributed by atoms with van der Waals surface area (Å²) in [5.74, 6) is 0.649. The quantitative estimate of drug-likeness (QED) is 0.177. The van der Waals surface area contributed by atoms with E-state index in [0.717, 1.165) is 88.6 Å². The molecule has 5 nitrogen and oxygen atoms in total. The Labute approximate surface area is 327 Å². The summed E-state index contributed by atoms with van der Waals surface area (Å²) >= 11 is 0. The highest BCUT2D eigenvalue weighted by atomic mass is 16.3. The summed E-state index contributed by atoms with van der Waals surface area (Å²) in [6.45, 7) is 0. The number of aromatic nitrogens is 4. The molecule has 0 unspecified atom stereocenters. The minimum atomic E-state index is 0.649. The van der Waals surface area contributed by atoms with Crippen LogP contribution in [0.2, 0.25) is 0 Å². The highest BCUT2D eigenvalue weighted by Crippen LogP contribution is 2.41. The Morgan fingerprint density at radius 3 is 1.47 bits per heavy atom. The molecule has 0 amide bonds. The summed E-state index contributed by atoms with van der Waals surface area (Å²) in [5.41, 5.74) is 14.0. The average Bonchev–Trinajstić information content (AvgIpc) is 3.94. The van der Waals surface area contributed by atoms with E-state index in [-0.39, 0.29) is 0 Å². The fourth-order valence-corrected chi connectivity index (χ4v) is 8.72. The first-order valence-electron chi connectivity index (χ1n) is 19.2. The molecule has 266 valence electrons. The minimum absolute atomic E-state index is 0.649. The molecule has 4 heterocycles. The Bertz CT molecular complexity index is 3510. The second-order valence-electron chi connectivity index (χ2n) is 14.6. The van der Waals surface area contributed by atoms with Crippen molar-refractivity contribution in [3.05, 3.63) is 194 Å². The molecule has 0 saturated carbocycles. The number of para-hydroxylation sites is 4. The molecule has 0 bridgehead atoms. The first-order chi connectivity index (χ1) is 28.3. The van der Waals surface area contributed by atoms with Gasteiger partial charge in [0, 0.05) is 49.4 Å². The number of hydrogen-bond donors (Lipinski definition) is 0. The Kier molecular flexibility index (Phi) is 6.86. The van der Waals surface area contributed by atoms with Crippen molar-refractivity contribution in [3.63, 3.8) is 0 Å². The molecule has 0 fully saturated rings. The Balaban J connectivity index is 1.12. The third kappa shape index (κ3) is 4.89. The third-order valence-electron chi connectivity index (χ3n) is 11.3. The lowest BCUT2D eigenvalue weighted by molar-refractivity contribution is 0.667. The molecule has 5 heteroatoms. The molecule has 0 aliphatic carbocycles. The van der Waals surface area contributed by atoms with E-state index >= 15 is 0 Å². The van der Waals surface area contributed by atoms with Crippen molar-refractivity contribution in [2.24, 2.45) is 0 Å². The molecule has 4 aromatic heterocycles. The van der Waals surface area contributed by atoms with E-state index in [1.807, 2.05) is 6.07 Å². The van der Waals surface area contributed by atoms with Gasteiger partial charge in [-0.25, -0.2) is 9.97 Å². The Morgan fingerprint density at radius 2 is 0.842 bits per heavy atom. The molecule has 57 heavy (non-hydrogen) atoms. The van der Waals surface area contributed by atoms with Crippen LogP contribution >= 0.6 is 0 Å². The molecule has 0 N–H and O–H groups in total. The van der Waals surface area contributed by atoms with Crippen LogP contribution < -0.4 is 0 Å². The smallest absolute Gasteiger partial charge is 0.180 e. The van der Waals surface area contributed by atoms with Crippen molar-refractivity contribution < 1.29 is 4.42 Å². The van der Waals surface area contributed by atoms with Crippen LogP contribution in [0.5, 0.6) is 0 Å². The SMILES string of the molecule is c1ccc(-c2ccc3oc4c(-c5ccc6c(c5)c5ccccc5n6-c5ccccc5)nc(-c5ccc6c(c5)c5ccccc5n6-c5ccccc5)nc4c3c2)cc1. The highest BCUT2D eigenvalue weighted by molar-refractivity contribution is 6.13. The number of nitrogens with zero attached hydrogens (tertiary/aromatic N) is 4. The van der Waals surface area contributed by atoms with Crippen LogP contribution in [0.3, 0.4) is 0 Å². The lowest BCUT2D eigenvalue weighted by Gasteiger charge is -2.10. The van der Waals surface area contributed by atoms with Crippen molar-refractivity contribution in [1.29, 1.82) is 0 Å². The van der Waals surface area contributed by atoms with Crippen LogP contribution in [-0.4, -0.2) is 19.1 Å². The number of benzene rings is 8. The van der Waals surface area contributed by atoms with Crippen molar-refractivity contribution in [1.82, 2.24) is 19.1 Å². The largest absolute Gasteiger partial charge is 0.452 e. The summed E-state index contributed by atoms with van der Waals surface area (Å²) in [5, 5.41) is 5.62. The Hall–Kier alpha value is -7.76. The molecule has 0 aliphatic rings. The molecule has 0 radical (unpaired) electrons. The predicted octanol–water partition coefficient (Wildman–Crippen LogP) is 13.6. The van der Waals surface area contributed by atoms with Crippen LogP contribution in [0.15, 0.2) is 199 Å². The standard InChI is InChI=1S/C52H32N4O/c1-4-14-33(15-5-1)34-26-29-48-43(30-34)50-51(57-48)49(35-24-27-46-41(31-35)39-20-10-12-22-44(39)55(46)37-16-6-2-7-17-37)53-52(54-50)36-25-28-47-42(32-36)40-21-11-13-23-45(40)56(47)38-18-8-3-9-19-38/h1-32H. The van der Waals surface area contributed by atoms with Crippen LogP contribution in [-0.2, 0) is 0 Å². The van der Waals surface area contributed by atoms with Gasteiger partial charge in [0.1, 0.15) is 16.8 Å². The van der Waals surface area contributed by atoms with Gasteiger partial charge in [0.05, 0.1) is 22.1 Å².